The molecule has 3 N–H and O–H groups in total. The van der Waals surface area contributed by atoms with Crippen LogP contribution in [-0.2, 0) is 9.84 Å². The van der Waals surface area contributed by atoms with Gasteiger partial charge in [0.15, 0.2) is 15.6 Å². The van der Waals surface area contributed by atoms with E-state index in [0.29, 0.717) is 22.8 Å². The zero-order chi connectivity index (χ0) is 15.3. The monoisotopic (exact) mass is 318 g/mol. The molecule has 0 aliphatic rings. The summed E-state index contributed by atoms with van der Waals surface area (Å²) in [4.78, 5) is 12.2. The summed E-state index contributed by atoms with van der Waals surface area (Å²) < 4.78 is 23.7. The number of hydrogen-bond acceptors (Lipinski definition) is 6. The van der Waals surface area contributed by atoms with Crippen molar-refractivity contribution in [3.63, 3.8) is 0 Å². The van der Waals surface area contributed by atoms with Crippen LogP contribution in [-0.4, -0.2) is 27.0 Å². The summed E-state index contributed by atoms with van der Waals surface area (Å²) in [5.74, 6) is -0.126. The lowest BCUT2D eigenvalue weighted by Crippen LogP contribution is -2.07. The van der Waals surface area contributed by atoms with Crippen LogP contribution in [0.3, 0.4) is 0 Å². The molecule has 0 aliphatic carbocycles. The van der Waals surface area contributed by atoms with Crippen LogP contribution < -0.4 is 11.1 Å². The molecule has 114 valence electrons. The maximum Gasteiger partial charge on any atom is 0.180 e. The number of ketones is 1. The van der Waals surface area contributed by atoms with Gasteiger partial charge < -0.3 is 11.1 Å². The molecule has 0 unspecified atom stereocenters. The molecule has 0 aliphatic heterocycles. The number of Topliss-reactive ketones (excluding diaryl/α,β-unsaturated/α-hetero) is 1. The zero-order valence-electron chi connectivity index (χ0n) is 12.2. The highest BCUT2D eigenvalue weighted by atomic mass is 32.2. The van der Waals surface area contributed by atoms with Crippen molar-refractivity contribution in [1.82, 2.24) is 0 Å². The Balaban J connectivity index is 3.11. The van der Waals surface area contributed by atoms with Crippen LogP contribution in [0.25, 0.3) is 0 Å². The highest BCUT2D eigenvalue weighted by Gasteiger charge is 2.26. The van der Waals surface area contributed by atoms with Gasteiger partial charge in [-0.15, -0.1) is 11.3 Å². The number of sulfone groups is 1. The molecule has 0 bridgehead atoms. The first-order valence-electron chi connectivity index (χ1n) is 6.72. The fourth-order valence-corrected chi connectivity index (χ4v) is 4.46. The molecular weight excluding hydrogens is 296 g/mol. The van der Waals surface area contributed by atoms with Crippen LogP contribution in [0.2, 0.25) is 0 Å². The molecule has 0 fully saturated rings. The first-order valence-corrected chi connectivity index (χ1v) is 9.43. The molecule has 1 aromatic rings. The smallest absolute Gasteiger partial charge is 0.180 e. The van der Waals surface area contributed by atoms with E-state index in [1.807, 2.05) is 0 Å². The number of anilines is 2. The van der Waals surface area contributed by atoms with E-state index >= 15 is 0 Å². The Kier molecular flexibility index (Phi) is 6.01. The summed E-state index contributed by atoms with van der Waals surface area (Å²) in [5, 5.41) is 3.59. The zero-order valence-corrected chi connectivity index (χ0v) is 13.8. The Morgan fingerprint density at radius 3 is 2.45 bits per heavy atom. The average molecular weight is 318 g/mol. The highest BCUT2D eigenvalue weighted by molar-refractivity contribution is 7.91. The molecule has 0 atom stereocenters. The molecule has 0 radical (unpaired) electrons. The molecular formula is C13H22N2O3S2. The number of unbranched alkanes of at least 4 members (excludes halogenated alkanes) is 2. The molecule has 20 heavy (non-hydrogen) atoms. The van der Waals surface area contributed by atoms with Gasteiger partial charge in [0, 0.05) is 19.2 Å². The van der Waals surface area contributed by atoms with Gasteiger partial charge in [-0.25, -0.2) is 8.42 Å². The predicted octanol–water partition coefficient (Wildman–Crippen LogP) is 2.93. The fraction of sp³-hybridized carbons (Fsp3) is 0.615. The summed E-state index contributed by atoms with van der Waals surface area (Å²) in [6, 6.07) is 0. The normalized spacial score (nSPS) is 11.6. The summed E-state index contributed by atoms with van der Waals surface area (Å²) >= 11 is 1.14. The van der Waals surface area contributed by atoms with Crippen LogP contribution in [0.15, 0.2) is 4.90 Å². The Labute approximate surface area is 124 Å². The Morgan fingerprint density at radius 2 is 1.95 bits per heavy atom. The van der Waals surface area contributed by atoms with Crippen LogP contribution in [0.4, 0.5) is 10.7 Å². The largest absolute Gasteiger partial charge is 0.396 e. The lowest BCUT2D eigenvalue weighted by atomic mass is 10.2. The second-order valence-corrected chi connectivity index (χ2v) is 7.66. The minimum atomic E-state index is -3.46. The van der Waals surface area contributed by atoms with Gasteiger partial charge in [-0.05, 0) is 6.42 Å². The summed E-state index contributed by atoms with van der Waals surface area (Å²) in [5.41, 5.74) is 5.95. The minimum Gasteiger partial charge on any atom is -0.396 e. The Bertz CT molecular complexity index is 577. The maximum atomic E-state index is 11.9. The van der Waals surface area contributed by atoms with Crippen molar-refractivity contribution in [2.45, 2.75) is 44.4 Å². The number of nitrogen functional groups attached to an aromatic ring is 1. The van der Waals surface area contributed by atoms with Gasteiger partial charge in [0.25, 0.3) is 0 Å². The molecule has 0 aromatic carbocycles. The lowest BCUT2D eigenvalue weighted by molar-refractivity contribution is 0.0992. The summed E-state index contributed by atoms with van der Waals surface area (Å²) in [6.07, 6.45) is 4.54. The summed E-state index contributed by atoms with van der Waals surface area (Å²) in [7, 11) is -3.46. The number of nitrogens with one attached hydrogen (secondary N) is 1. The van der Waals surface area contributed by atoms with Crippen molar-refractivity contribution in [1.29, 1.82) is 0 Å². The Hall–Kier alpha value is -1.08. The fourth-order valence-electron chi connectivity index (χ4n) is 1.86. The average Bonchev–Trinajstić information content (AvgIpc) is 2.70. The molecule has 5 nitrogen and oxygen atoms in total. The SMILES string of the molecule is CCCCCNc1sc(C(=O)CC)c(N)c1S(C)(=O)=O. The second kappa shape index (κ2) is 7.08. The van der Waals surface area contributed by atoms with Gasteiger partial charge >= 0.3 is 0 Å². The van der Waals surface area contributed by atoms with Gasteiger partial charge in [0.05, 0.1) is 10.6 Å². The number of thiophene rings is 1. The van der Waals surface area contributed by atoms with E-state index in [0.717, 1.165) is 36.9 Å². The van der Waals surface area contributed by atoms with E-state index < -0.39 is 9.84 Å². The van der Waals surface area contributed by atoms with Gasteiger partial charge in [0.2, 0.25) is 0 Å². The van der Waals surface area contributed by atoms with Crippen LogP contribution in [0, 0.1) is 0 Å². The van der Waals surface area contributed by atoms with Gasteiger partial charge in [-0.1, -0.05) is 26.7 Å². The maximum absolute atomic E-state index is 11.9. The van der Waals surface area contributed by atoms with Crippen molar-refractivity contribution >= 4 is 37.6 Å². The number of nitrogens with two attached hydrogens (primary N) is 1. The van der Waals surface area contributed by atoms with E-state index in [1.165, 1.54) is 0 Å². The molecule has 0 spiro atoms. The van der Waals surface area contributed by atoms with Crippen LogP contribution in [0.5, 0.6) is 0 Å². The molecule has 0 saturated heterocycles. The van der Waals surface area contributed by atoms with Crippen molar-refractivity contribution in [3.8, 4) is 0 Å². The molecule has 1 rings (SSSR count). The predicted molar refractivity (Wildman–Crippen MR) is 84.5 cm³/mol. The molecule has 0 amide bonds. The van der Waals surface area contributed by atoms with Crippen molar-refractivity contribution in [2.24, 2.45) is 0 Å². The molecule has 1 heterocycles. The quantitative estimate of drug-likeness (QED) is 0.568. The minimum absolute atomic E-state index is 0.0656. The second-order valence-electron chi connectivity index (χ2n) is 4.69. The van der Waals surface area contributed by atoms with Crippen molar-refractivity contribution < 1.29 is 13.2 Å². The Morgan fingerprint density at radius 1 is 1.30 bits per heavy atom. The van der Waals surface area contributed by atoms with E-state index in [4.69, 9.17) is 5.73 Å². The first kappa shape index (κ1) is 17.0. The van der Waals surface area contributed by atoms with Gasteiger partial charge in [-0.2, -0.15) is 0 Å². The first-order chi connectivity index (χ1) is 9.32. The molecule has 7 heteroatoms. The standard InChI is InChI=1S/C13H22N2O3S2/c1-4-6-7-8-15-13-12(20(3,17)18)10(14)11(19-13)9(16)5-2/h15H,4-8,14H2,1-3H3. The van der Waals surface area contributed by atoms with Crippen molar-refractivity contribution in [2.75, 3.05) is 23.9 Å². The van der Waals surface area contributed by atoms with E-state index in [2.05, 4.69) is 12.2 Å². The third kappa shape index (κ3) is 3.96. The number of carbonyl (C=O) groups is 1. The van der Waals surface area contributed by atoms with Crippen LogP contribution >= 0.6 is 11.3 Å². The molecule has 1 aromatic heterocycles. The summed E-state index contributed by atoms with van der Waals surface area (Å²) in [6.45, 7) is 4.51. The molecule has 0 saturated carbocycles. The van der Waals surface area contributed by atoms with E-state index in [-0.39, 0.29) is 16.4 Å². The van der Waals surface area contributed by atoms with Crippen LogP contribution in [0.1, 0.15) is 49.2 Å². The number of carbonyl (C=O) groups excluding carboxylic acids is 1. The number of hydrogen-bond donors (Lipinski definition) is 2. The van der Waals surface area contributed by atoms with E-state index in [9.17, 15) is 13.2 Å². The van der Waals surface area contributed by atoms with Gasteiger partial charge in [-0.3, -0.25) is 4.79 Å². The third-order valence-electron chi connectivity index (χ3n) is 2.91. The van der Waals surface area contributed by atoms with E-state index in [1.54, 1.807) is 6.92 Å². The number of rotatable bonds is 8. The lowest BCUT2D eigenvalue weighted by Gasteiger charge is -2.06. The third-order valence-corrected chi connectivity index (χ3v) is 5.41. The highest BCUT2D eigenvalue weighted by Crippen LogP contribution is 2.39. The van der Waals surface area contributed by atoms with Gasteiger partial charge in [0.1, 0.15) is 9.90 Å². The van der Waals surface area contributed by atoms with Crippen molar-refractivity contribution in [3.05, 3.63) is 4.88 Å². The topological polar surface area (TPSA) is 89.3 Å².